The molecule has 0 aliphatic carbocycles. The largest absolute Gasteiger partial charge is 0.480 e. The first-order valence-electron chi connectivity index (χ1n) is 5.56. The van der Waals surface area contributed by atoms with E-state index in [-0.39, 0.29) is 5.56 Å². The molecule has 2 N–H and O–H groups in total. The van der Waals surface area contributed by atoms with Crippen molar-refractivity contribution in [3.8, 4) is 0 Å². The van der Waals surface area contributed by atoms with E-state index in [2.05, 4.69) is 10.3 Å². The second-order valence-corrected chi connectivity index (χ2v) is 4.09. The molecular weight excluding hydrogens is 251 g/mol. The number of carboxylic acid groups (broad SMARTS) is 1. The zero-order valence-corrected chi connectivity index (χ0v) is 10.1. The van der Waals surface area contributed by atoms with Gasteiger partial charge in [0.1, 0.15) is 11.9 Å². The van der Waals surface area contributed by atoms with Crippen molar-refractivity contribution >= 4 is 22.8 Å². The lowest BCUT2D eigenvalue weighted by Gasteiger charge is -2.09. The summed E-state index contributed by atoms with van der Waals surface area (Å²) in [6, 6.07) is 4.58. The predicted octanol–water partition coefficient (Wildman–Crippen LogP) is 1.58. The highest BCUT2D eigenvalue weighted by atomic mass is 19.1. The van der Waals surface area contributed by atoms with Crippen LogP contribution in [0, 0.1) is 5.82 Å². The molecule has 1 aromatic heterocycles. The number of pyridine rings is 1. The molecule has 98 valence electrons. The number of aliphatic carboxylic acids is 1. The molecule has 0 saturated carbocycles. The molecule has 0 aliphatic heterocycles. The number of carbonyl (C=O) groups is 2. The van der Waals surface area contributed by atoms with E-state index in [4.69, 9.17) is 5.11 Å². The van der Waals surface area contributed by atoms with Crippen LogP contribution < -0.4 is 5.32 Å². The molecule has 2 rings (SSSR count). The Labute approximate surface area is 108 Å². The maximum Gasteiger partial charge on any atom is 0.325 e. The molecule has 1 unspecified atom stereocenters. The van der Waals surface area contributed by atoms with Gasteiger partial charge in [0, 0.05) is 17.6 Å². The smallest absolute Gasteiger partial charge is 0.325 e. The summed E-state index contributed by atoms with van der Waals surface area (Å²) in [6.07, 6.45) is 1.28. The SMILES string of the molecule is CC(NC(=O)c1cnc2cc(F)ccc2c1)C(=O)O. The molecule has 2 aromatic rings. The van der Waals surface area contributed by atoms with Crippen molar-refractivity contribution in [3.05, 3.63) is 41.8 Å². The summed E-state index contributed by atoms with van der Waals surface area (Å²) in [4.78, 5) is 26.4. The Morgan fingerprint density at radius 1 is 1.37 bits per heavy atom. The topological polar surface area (TPSA) is 79.3 Å². The summed E-state index contributed by atoms with van der Waals surface area (Å²) >= 11 is 0. The molecular formula is C13H11FN2O3. The van der Waals surface area contributed by atoms with E-state index in [1.807, 2.05) is 0 Å². The first-order chi connectivity index (χ1) is 8.97. The van der Waals surface area contributed by atoms with Crippen molar-refractivity contribution in [3.63, 3.8) is 0 Å². The van der Waals surface area contributed by atoms with Gasteiger partial charge in [-0.25, -0.2) is 4.39 Å². The van der Waals surface area contributed by atoms with Crippen molar-refractivity contribution in [2.24, 2.45) is 0 Å². The van der Waals surface area contributed by atoms with E-state index in [9.17, 15) is 14.0 Å². The average molecular weight is 262 g/mol. The Bertz CT molecular complexity index is 657. The first-order valence-corrected chi connectivity index (χ1v) is 5.56. The van der Waals surface area contributed by atoms with Gasteiger partial charge < -0.3 is 10.4 Å². The maximum atomic E-state index is 13.0. The van der Waals surface area contributed by atoms with Crippen molar-refractivity contribution in [2.45, 2.75) is 13.0 Å². The molecule has 0 bridgehead atoms. The summed E-state index contributed by atoms with van der Waals surface area (Å²) in [5.74, 6) is -2.06. The molecule has 5 nitrogen and oxygen atoms in total. The third-order valence-corrected chi connectivity index (χ3v) is 2.63. The standard InChI is InChI=1S/C13H11FN2O3/c1-7(13(18)19)16-12(17)9-4-8-2-3-10(14)5-11(8)15-6-9/h2-7H,1H3,(H,16,17)(H,18,19). The van der Waals surface area contributed by atoms with Crippen molar-refractivity contribution in [1.29, 1.82) is 0 Å². The third kappa shape index (κ3) is 2.85. The highest BCUT2D eigenvalue weighted by Crippen LogP contribution is 2.14. The Morgan fingerprint density at radius 2 is 2.11 bits per heavy atom. The van der Waals surface area contributed by atoms with Gasteiger partial charge in [-0.15, -0.1) is 0 Å². The van der Waals surface area contributed by atoms with Crippen molar-refractivity contribution in [2.75, 3.05) is 0 Å². The number of carbonyl (C=O) groups excluding carboxylic acids is 1. The lowest BCUT2D eigenvalue weighted by Crippen LogP contribution is -2.38. The molecule has 0 fully saturated rings. The fraction of sp³-hybridized carbons (Fsp3) is 0.154. The fourth-order valence-corrected chi connectivity index (χ4v) is 1.56. The fourth-order valence-electron chi connectivity index (χ4n) is 1.56. The lowest BCUT2D eigenvalue weighted by atomic mass is 10.1. The zero-order valence-electron chi connectivity index (χ0n) is 10.1. The van der Waals surface area contributed by atoms with Crippen molar-refractivity contribution < 1.29 is 19.1 Å². The van der Waals surface area contributed by atoms with E-state index < -0.39 is 23.7 Å². The van der Waals surface area contributed by atoms with Gasteiger partial charge in [0.15, 0.2) is 0 Å². The molecule has 1 aromatic carbocycles. The van der Waals surface area contributed by atoms with E-state index in [0.29, 0.717) is 10.9 Å². The number of rotatable bonds is 3. The average Bonchev–Trinajstić information content (AvgIpc) is 2.37. The van der Waals surface area contributed by atoms with Gasteiger partial charge in [0.2, 0.25) is 0 Å². The van der Waals surface area contributed by atoms with Crippen LogP contribution in [0.15, 0.2) is 30.5 Å². The number of nitrogens with one attached hydrogen (secondary N) is 1. The van der Waals surface area contributed by atoms with Crippen LogP contribution in [0.1, 0.15) is 17.3 Å². The number of benzene rings is 1. The molecule has 6 heteroatoms. The van der Waals surface area contributed by atoms with E-state index >= 15 is 0 Å². The minimum atomic E-state index is -1.12. The highest BCUT2D eigenvalue weighted by Gasteiger charge is 2.15. The number of fused-ring (bicyclic) bond motifs is 1. The van der Waals surface area contributed by atoms with Crippen LogP contribution in [0.2, 0.25) is 0 Å². The Balaban J connectivity index is 2.28. The quantitative estimate of drug-likeness (QED) is 0.880. The summed E-state index contributed by atoms with van der Waals surface area (Å²) < 4.78 is 13.0. The molecule has 0 spiro atoms. The van der Waals surface area contributed by atoms with Gasteiger partial charge >= 0.3 is 5.97 Å². The number of hydrogen-bond donors (Lipinski definition) is 2. The first kappa shape index (κ1) is 12.9. The van der Waals surface area contributed by atoms with Gasteiger partial charge in [-0.2, -0.15) is 0 Å². The molecule has 0 radical (unpaired) electrons. The van der Waals surface area contributed by atoms with Gasteiger partial charge in [-0.1, -0.05) is 0 Å². The lowest BCUT2D eigenvalue weighted by molar-refractivity contribution is -0.138. The minimum absolute atomic E-state index is 0.229. The van der Waals surface area contributed by atoms with E-state index in [1.54, 1.807) is 0 Å². The summed E-state index contributed by atoms with van der Waals surface area (Å²) in [5.41, 5.74) is 0.662. The monoisotopic (exact) mass is 262 g/mol. The number of aromatic nitrogens is 1. The highest BCUT2D eigenvalue weighted by molar-refractivity contribution is 5.98. The number of halogens is 1. The number of hydrogen-bond acceptors (Lipinski definition) is 3. The third-order valence-electron chi connectivity index (χ3n) is 2.63. The van der Waals surface area contributed by atoms with Crippen molar-refractivity contribution in [1.82, 2.24) is 10.3 Å². The predicted molar refractivity (Wildman–Crippen MR) is 66.3 cm³/mol. The summed E-state index contributed by atoms with van der Waals surface area (Å²) in [5, 5.41) is 11.6. The van der Waals surface area contributed by atoms with Gasteiger partial charge in [-0.05, 0) is 25.1 Å². The summed E-state index contributed by atoms with van der Waals surface area (Å²) in [7, 11) is 0. The maximum absolute atomic E-state index is 13.0. The molecule has 1 atom stereocenters. The number of amides is 1. The number of carboxylic acids is 1. The van der Waals surface area contributed by atoms with Crippen LogP contribution in [-0.4, -0.2) is 28.0 Å². The number of nitrogens with zero attached hydrogens (tertiary/aromatic N) is 1. The van der Waals surface area contributed by atoms with Crippen LogP contribution in [0.5, 0.6) is 0 Å². The zero-order chi connectivity index (χ0) is 14.0. The summed E-state index contributed by atoms with van der Waals surface area (Å²) in [6.45, 7) is 1.37. The Hall–Kier alpha value is -2.50. The van der Waals surface area contributed by atoms with Gasteiger partial charge in [0.25, 0.3) is 5.91 Å². The molecule has 0 aliphatic rings. The minimum Gasteiger partial charge on any atom is -0.480 e. The molecule has 19 heavy (non-hydrogen) atoms. The van der Waals surface area contributed by atoms with Gasteiger partial charge in [0.05, 0.1) is 11.1 Å². The molecule has 1 amide bonds. The van der Waals surface area contributed by atoms with E-state index in [0.717, 1.165) is 0 Å². The normalized spacial score (nSPS) is 12.1. The van der Waals surface area contributed by atoms with Crippen LogP contribution in [0.4, 0.5) is 4.39 Å². The molecule has 1 heterocycles. The van der Waals surface area contributed by atoms with E-state index in [1.165, 1.54) is 37.4 Å². The second-order valence-electron chi connectivity index (χ2n) is 4.09. The Morgan fingerprint density at radius 3 is 2.79 bits per heavy atom. The molecule has 0 saturated heterocycles. The van der Waals surface area contributed by atoms with Crippen LogP contribution >= 0.6 is 0 Å². The second kappa shape index (κ2) is 5.01. The van der Waals surface area contributed by atoms with Crippen LogP contribution in [-0.2, 0) is 4.79 Å². The van der Waals surface area contributed by atoms with Crippen LogP contribution in [0.3, 0.4) is 0 Å². The Kier molecular flexibility index (Phi) is 3.41. The van der Waals surface area contributed by atoms with Crippen LogP contribution in [0.25, 0.3) is 10.9 Å². The van der Waals surface area contributed by atoms with Gasteiger partial charge in [-0.3, -0.25) is 14.6 Å².